The molecule has 0 saturated carbocycles. The van der Waals surface area contributed by atoms with Gasteiger partial charge in [-0.2, -0.15) is 5.10 Å². The lowest BCUT2D eigenvalue weighted by atomic mass is 10.3. The van der Waals surface area contributed by atoms with Gasteiger partial charge in [0, 0.05) is 9.79 Å². The van der Waals surface area contributed by atoms with E-state index in [1.54, 1.807) is 24.3 Å². The number of benzene rings is 2. The lowest BCUT2D eigenvalue weighted by Gasteiger charge is -2.12. The zero-order chi connectivity index (χ0) is 20.1. The average molecular weight is 409 g/mol. The van der Waals surface area contributed by atoms with Gasteiger partial charge in [-0.3, -0.25) is 9.48 Å². The summed E-state index contributed by atoms with van der Waals surface area (Å²) in [6, 6.07) is 17.1. The summed E-state index contributed by atoms with van der Waals surface area (Å²) in [7, 11) is 0. The zero-order valence-corrected chi connectivity index (χ0v) is 15.2. The zero-order valence-electron chi connectivity index (χ0n) is 14.4. The number of hydrogen-bond donors (Lipinski definition) is 1. The Hall–Kier alpha value is -2.81. The minimum atomic E-state index is -3.02. The first-order chi connectivity index (χ1) is 13.4. The van der Waals surface area contributed by atoms with E-state index < -0.39 is 36.7 Å². The van der Waals surface area contributed by atoms with E-state index in [1.807, 2.05) is 30.3 Å². The van der Waals surface area contributed by atoms with Crippen molar-refractivity contribution in [1.82, 2.24) is 9.78 Å². The molecule has 4 nitrogen and oxygen atoms in total. The average Bonchev–Trinajstić information content (AvgIpc) is 3.08. The number of hydrogen-bond acceptors (Lipinski definition) is 3. The fourth-order valence-electron chi connectivity index (χ4n) is 2.46. The van der Waals surface area contributed by atoms with Crippen molar-refractivity contribution < 1.29 is 22.4 Å². The maximum atomic E-state index is 13.0. The molecule has 0 bridgehead atoms. The van der Waals surface area contributed by atoms with E-state index in [2.05, 4.69) is 10.4 Å². The van der Waals surface area contributed by atoms with Crippen LogP contribution in [0.1, 0.15) is 24.2 Å². The van der Waals surface area contributed by atoms with E-state index in [0.717, 1.165) is 9.79 Å². The normalized spacial score (nSPS) is 11.2. The minimum absolute atomic E-state index is 0.487. The van der Waals surface area contributed by atoms with Gasteiger partial charge in [0.1, 0.15) is 17.9 Å². The topological polar surface area (TPSA) is 46.9 Å². The van der Waals surface area contributed by atoms with Crippen LogP contribution < -0.4 is 5.32 Å². The van der Waals surface area contributed by atoms with E-state index in [0.29, 0.717) is 16.4 Å². The molecule has 9 heteroatoms. The van der Waals surface area contributed by atoms with E-state index in [4.69, 9.17) is 0 Å². The number of carbonyl (C=O) groups is 1. The molecule has 1 N–H and O–H groups in total. The summed E-state index contributed by atoms with van der Waals surface area (Å²) in [4.78, 5) is 14.0. The Labute approximate surface area is 162 Å². The van der Waals surface area contributed by atoms with Crippen molar-refractivity contribution in [1.29, 1.82) is 0 Å². The van der Waals surface area contributed by atoms with Gasteiger partial charge in [-0.25, -0.2) is 17.6 Å². The van der Waals surface area contributed by atoms with Gasteiger partial charge in [-0.05, 0) is 30.3 Å². The number of alkyl halides is 4. The molecule has 2 aromatic carbocycles. The van der Waals surface area contributed by atoms with Crippen molar-refractivity contribution in [3.05, 3.63) is 72.1 Å². The van der Waals surface area contributed by atoms with Crippen LogP contribution in [0.4, 0.5) is 23.2 Å². The highest BCUT2D eigenvalue weighted by Gasteiger charge is 2.22. The number of rotatable bonds is 7. The quantitative estimate of drug-likeness (QED) is 0.521. The van der Waals surface area contributed by atoms with Crippen molar-refractivity contribution in [2.24, 2.45) is 0 Å². The summed E-state index contributed by atoms with van der Waals surface area (Å²) < 4.78 is 52.2. The van der Waals surface area contributed by atoms with Gasteiger partial charge in [-0.1, -0.05) is 42.1 Å². The minimum Gasteiger partial charge on any atom is -0.323 e. The number of anilines is 1. The molecule has 1 amide bonds. The van der Waals surface area contributed by atoms with Crippen molar-refractivity contribution in [3.63, 3.8) is 0 Å². The van der Waals surface area contributed by atoms with E-state index >= 15 is 0 Å². The smallest absolute Gasteiger partial charge is 0.282 e. The standard InChI is InChI=1S/C19H15F4N3OS/c20-18(21)14-10-15(19(22)23)26(25-14)11-17(27)24-13-8-4-5-9-16(13)28-12-6-2-1-3-7-12/h1-10,18-19H,11H2,(H,24,27). The maximum Gasteiger partial charge on any atom is 0.282 e. The van der Waals surface area contributed by atoms with E-state index in [9.17, 15) is 22.4 Å². The fraction of sp³-hybridized carbons (Fsp3) is 0.158. The third kappa shape index (κ3) is 4.92. The Balaban J connectivity index is 1.76. The molecule has 28 heavy (non-hydrogen) atoms. The summed E-state index contributed by atoms with van der Waals surface area (Å²) in [5.74, 6) is -0.646. The lowest BCUT2D eigenvalue weighted by Crippen LogP contribution is -2.21. The van der Waals surface area contributed by atoms with Crippen molar-refractivity contribution in [3.8, 4) is 0 Å². The Kier molecular flexibility index (Phi) is 6.35. The Bertz CT molecular complexity index is 947. The van der Waals surface area contributed by atoms with Crippen LogP contribution >= 0.6 is 11.8 Å². The molecule has 0 radical (unpaired) electrons. The number of nitrogens with one attached hydrogen (secondary N) is 1. The summed E-state index contributed by atoms with van der Waals surface area (Å²) in [5.41, 5.74) is -1.03. The molecule has 3 rings (SSSR count). The summed E-state index contributed by atoms with van der Waals surface area (Å²) >= 11 is 1.42. The Morgan fingerprint density at radius 1 is 1.00 bits per heavy atom. The molecule has 146 valence electrons. The van der Waals surface area contributed by atoms with Crippen LogP contribution in [0.5, 0.6) is 0 Å². The number of nitrogens with zero attached hydrogens (tertiary/aromatic N) is 2. The first kappa shape index (κ1) is 19.9. The third-order valence-electron chi connectivity index (χ3n) is 3.70. The molecule has 0 aliphatic rings. The highest BCUT2D eigenvalue weighted by molar-refractivity contribution is 7.99. The van der Waals surface area contributed by atoms with Crippen LogP contribution in [0.2, 0.25) is 0 Å². The Morgan fingerprint density at radius 3 is 2.36 bits per heavy atom. The Morgan fingerprint density at radius 2 is 1.68 bits per heavy atom. The first-order valence-electron chi connectivity index (χ1n) is 8.19. The third-order valence-corrected chi connectivity index (χ3v) is 4.79. The van der Waals surface area contributed by atoms with Gasteiger partial charge >= 0.3 is 0 Å². The molecule has 0 aliphatic carbocycles. The number of carbonyl (C=O) groups excluding carboxylic acids is 1. The fourth-order valence-corrected chi connectivity index (χ4v) is 3.38. The van der Waals surface area contributed by atoms with E-state index in [-0.39, 0.29) is 0 Å². The second kappa shape index (κ2) is 8.92. The first-order valence-corrected chi connectivity index (χ1v) is 9.01. The lowest BCUT2D eigenvalue weighted by molar-refractivity contribution is -0.117. The monoisotopic (exact) mass is 409 g/mol. The van der Waals surface area contributed by atoms with Gasteiger partial charge in [0.05, 0.1) is 5.69 Å². The van der Waals surface area contributed by atoms with Gasteiger partial charge < -0.3 is 5.32 Å². The van der Waals surface area contributed by atoms with Crippen molar-refractivity contribution >= 4 is 23.4 Å². The maximum absolute atomic E-state index is 13.0. The van der Waals surface area contributed by atoms with Crippen LogP contribution in [0, 0.1) is 0 Å². The molecule has 3 aromatic rings. The van der Waals surface area contributed by atoms with E-state index in [1.165, 1.54) is 11.8 Å². The molecule has 0 unspecified atom stereocenters. The second-order valence-corrected chi connectivity index (χ2v) is 6.83. The highest BCUT2D eigenvalue weighted by Crippen LogP contribution is 2.33. The molecule has 0 spiro atoms. The molecule has 1 heterocycles. The summed E-state index contributed by atoms with van der Waals surface area (Å²) in [5, 5.41) is 6.05. The van der Waals surface area contributed by atoms with Gasteiger partial charge in [0.2, 0.25) is 5.91 Å². The largest absolute Gasteiger partial charge is 0.323 e. The molecule has 0 saturated heterocycles. The van der Waals surface area contributed by atoms with Crippen molar-refractivity contribution in [2.75, 3.05) is 5.32 Å². The molecule has 1 aromatic heterocycles. The van der Waals surface area contributed by atoms with Gasteiger partial charge in [0.15, 0.2) is 0 Å². The van der Waals surface area contributed by atoms with Crippen LogP contribution in [-0.2, 0) is 11.3 Å². The number of halogens is 4. The predicted molar refractivity (Wildman–Crippen MR) is 97.8 cm³/mol. The SMILES string of the molecule is O=C(Cn1nc(C(F)F)cc1C(F)F)Nc1ccccc1Sc1ccccc1. The number of aromatic nitrogens is 2. The highest BCUT2D eigenvalue weighted by atomic mass is 32.2. The van der Waals surface area contributed by atoms with Crippen molar-refractivity contribution in [2.45, 2.75) is 29.2 Å². The number of para-hydroxylation sites is 1. The number of amides is 1. The molecule has 0 fully saturated rings. The van der Waals surface area contributed by atoms with Crippen LogP contribution in [0.3, 0.4) is 0 Å². The molecular formula is C19H15F4N3OS. The van der Waals surface area contributed by atoms with Crippen LogP contribution in [0.25, 0.3) is 0 Å². The summed E-state index contributed by atoms with van der Waals surface area (Å²) in [6.45, 7) is -0.600. The molecule has 0 aliphatic heterocycles. The molecule has 0 atom stereocenters. The summed E-state index contributed by atoms with van der Waals surface area (Å²) in [6.07, 6.45) is -6.02. The van der Waals surface area contributed by atoms with Crippen LogP contribution in [-0.4, -0.2) is 15.7 Å². The second-order valence-electron chi connectivity index (χ2n) is 5.71. The predicted octanol–water partition coefficient (Wildman–Crippen LogP) is 5.55. The molecular weight excluding hydrogens is 394 g/mol. The van der Waals surface area contributed by atoms with Gasteiger partial charge in [-0.15, -0.1) is 0 Å². The van der Waals surface area contributed by atoms with Crippen LogP contribution in [0.15, 0.2) is 70.5 Å². The van der Waals surface area contributed by atoms with Gasteiger partial charge in [0.25, 0.3) is 12.9 Å².